The van der Waals surface area contributed by atoms with Gasteiger partial charge in [-0.15, -0.1) is 0 Å². The molecule has 1 aliphatic rings. The molecule has 1 saturated heterocycles. The number of hydrogen-bond acceptors (Lipinski definition) is 4. The summed E-state index contributed by atoms with van der Waals surface area (Å²) in [5.41, 5.74) is 5.24. The second kappa shape index (κ2) is 29.2. The summed E-state index contributed by atoms with van der Waals surface area (Å²) in [6.45, 7) is 9.68. The third kappa shape index (κ3) is 19.1. The van der Waals surface area contributed by atoms with E-state index < -0.39 is 0 Å². The van der Waals surface area contributed by atoms with Crippen molar-refractivity contribution in [3.63, 3.8) is 0 Å². The zero-order valence-electron chi connectivity index (χ0n) is 33.2. The Hall–Kier alpha value is -1.21. The van der Waals surface area contributed by atoms with Crippen LogP contribution < -0.4 is 9.80 Å². The highest BCUT2D eigenvalue weighted by Crippen LogP contribution is 2.28. The molecule has 0 atom stereocenters. The van der Waals surface area contributed by atoms with E-state index in [9.17, 15) is 0 Å². The first-order chi connectivity index (χ1) is 25.2. The van der Waals surface area contributed by atoms with E-state index in [1.54, 1.807) is 0 Å². The Morgan fingerprint density at radius 2 is 0.784 bits per heavy atom. The summed E-state index contributed by atoms with van der Waals surface area (Å²) in [5, 5.41) is 0.911. The lowest BCUT2D eigenvalue weighted by Gasteiger charge is -2.44. The number of unbranched alkanes of at least 4 members (excludes halogenated alkanes) is 19. The van der Waals surface area contributed by atoms with Crippen molar-refractivity contribution >= 4 is 52.2 Å². The molecule has 0 saturated carbocycles. The van der Waals surface area contributed by atoms with Crippen molar-refractivity contribution in [2.24, 2.45) is 0 Å². The molecular formula is C45H75N3S3. The Morgan fingerprint density at radius 3 is 1.14 bits per heavy atom. The fraction of sp³-hybridized carbons (Fsp3) is 0.711. The van der Waals surface area contributed by atoms with E-state index in [0.717, 1.165) is 36.5 Å². The van der Waals surface area contributed by atoms with Crippen LogP contribution in [0, 0.1) is 0 Å². The van der Waals surface area contributed by atoms with Crippen LogP contribution in [0.1, 0.15) is 173 Å². The molecule has 0 aliphatic carbocycles. The monoisotopic (exact) mass is 754 g/mol. The summed E-state index contributed by atoms with van der Waals surface area (Å²) < 4.78 is 0. The molecule has 2 aromatic carbocycles. The van der Waals surface area contributed by atoms with Gasteiger partial charge in [0.1, 0.15) is 0 Å². The van der Waals surface area contributed by atoms with Gasteiger partial charge >= 0.3 is 0 Å². The summed E-state index contributed by atoms with van der Waals surface area (Å²) in [4.78, 5) is 7.22. The molecule has 1 heterocycles. The summed E-state index contributed by atoms with van der Waals surface area (Å²) in [7, 11) is 0. The zero-order chi connectivity index (χ0) is 36.2. The number of nitrogens with zero attached hydrogens (tertiary/aromatic N) is 3. The maximum absolute atomic E-state index is 6.18. The van der Waals surface area contributed by atoms with Crippen LogP contribution in [0.25, 0.3) is 0 Å². The van der Waals surface area contributed by atoms with E-state index in [1.807, 2.05) is 0 Å². The molecule has 0 aromatic heterocycles. The van der Waals surface area contributed by atoms with Gasteiger partial charge < -0.3 is 9.80 Å². The van der Waals surface area contributed by atoms with Gasteiger partial charge in [-0.05, 0) is 78.4 Å². The predicted molar refractivity (Wildman–Crippen MR) is 238 cm³/mol. The van der Waals surface area contributed by atoms with E-state index in [1.165, 1.54) is 175 Å². The molecule has 3 nitrogen and oxygen atoms in total. The molecule has 0 bridgehead atoms. The summed E-state index contributed by atoms with van der Waals surface area (Å²) in [6, 6.07) is 18.4. The van der Waals surface area contributed by atoms with Crippen LogP contribution in [0.5, 0.6) is 0 Å². The van der Waals surface area contributed by atoms with Crippen LogP contribution >= 0.6 is 35.7 Å². The van der Waals surface area contributed by atoms with Crippen LogP contribution in [-0.2, 0) is 11.5 Å². The van der Waals surface area contributed by atoms with E-state index >= 15 is 0 Å². The smallest absolute Gasteiger partial charge is 0.182 e. The number of hydrogen-bond donors (Lipinski definition) is 0. The summed E-state index contributed by atoms with van der Waals surface area (Å²) >= 11 is 10.4. The SMILES string of the molecule is CCCCCCCCCCCCSCc1ccc(N2CN(CCCC)CN(c3ccc(CSCCCCCCCCCCCC)cc3)C2=S)cc1. The van der Waals surface area contributed by atoms with Gasteiger partial charge in [-0.25, -0.2) is 0 Å². The fourth-order valence-electron chi connectivity index (χ4n) is 6.93. The average molecular weight is 754 g/mol. The first-order valence-corrected chi connectivity index (χ1v) is 24.0. The Labute approximate surface area is 329 Å². The van der Waals surface area contributed by atoms with Crippen molar-refractivity contribution in [2.75, 3.05) is 41.2 Å². The number of thioether (sulfide) groups is 2. The molecule has 0 N–H and O–H groups in total. The maximum Gasteiger partial charge on any atom is 0.182 e. The molecule has 2 aromatic rings. The van der Waals surface area contributed by atoms with Gasteiger partial charge in [0.25, 0.3) is 0 Å². The summed E-state index contributed by atoms with van der Waals surface area (Å²) in [5.74, 6) is 4.74. The van der Waals surface area contributed by atoms with Crippen molar-refractivity contribution in [1.29, 1.82) is 0 Å². The lowest BCUT2D eigenvalue weighted by molar-refractivity contribution is 0.273. The maximum atomic E-state index is 6.18. The average Bonchev–Trinajstić information content (AvgIpc) is 3.16. The molecule has 0 spiro atoms. The van der Waals surface area contributed by atoms with Crippen LogP contribution in [0.15, 0.2) is 48.5 Å². The van der Waals surface area contributed by atoms with Crippen LogP contribution in [-0.4, -0.2) is 41.4 Å². The third-order valence-electron chi connectivity index (χ3n) is 10.3. The van der Waals surface area contributed by atoms with Crippen molar-refractivity contribution < 1.29 is 0 Å². The van der Waals surface area contributed by atoms with Gasteiger partial charge in [-0.3, -0.25) is 4.90 Å². The predicted octanol–water partition coefficient (Wildman–Crippen LogP) is 14.6. The minimum Gasteiger partial charge on any atom is -0.305 e. The normalized spacial score (nSPS) is 13.8. The molecule has 0 unspecified atom stereocenters. The molecular weight excluding hydrogens is 679 g/mol. The van der Waals surface area contributed by atoms with Crippen LogP contribution in [0.3, 0.4) is 0 Å². The Kier molecular flexibility index (Phi) is 25.3. The van der Waals surface area contributed by atoms with Gasteiger partial charge in [-0.2, -0.15) is 23.5 Å². The number of rotatable bonds is 31. The van der Waals surface area contributed by atoms with E-state index in [0.29, 0.717) is 0 Å². The number of benzene rings is 2. The first kappa shape index (κ1) is 44.2. The largest absolute Gasteiger partial charge is 0.305 e. The van der Waals surface area contributed by atoms with Gasteiger partial charge in [0.05, 0.1) is 13.3 Å². The summed E-state index contributed by atoms with van der Waals surface area (Å²) in [6.07, 6.45) is 30.6. The zero-order valence-corrected chi connectivity index (χ0v) is 35.6. The van der Waals surface area contributed by atoms with Crippen molar-refractivity contribution in [3.8, 4) is 0 Å². The van der Waals surface area contributed by atoms with Crippen molar-refractivity contribution in [2.45, 2.75) is 174 Å². The van der Waals surface area contributed by atoms with E-state index in [2.05, 4.69) is 108 Å². The lowest BCUT2D eigenvalue weighted by atomic mass is 10.1. The molecule has 288 valence electrons. The molecule has 3 rings (SSSR count). The Morgan fingerprint density at radius 1 is 0.451 bits per heavy atom. The second-order valence-corrected chi connectivity index (χ2v) is 17.5. The van der Waals surface area contributed by atoms with Gasteiger partial charge in [-0.1, -0.05) is 167 Å². The van der Waals surface area contributed by atoms with Crippen LogP contribution in [0.2, 0.25) is 0 Å². The Bertz CT molecular complexity index is 1040. The molecule has 0 radical (unpaired) electrons. The van der Waals surface area contributed by atoms with Gasteiger partial charge in [0.15, 0.2) is 5.11 Å². The molecule has 51 heavy (non-hydrogen) atoms. The standard InChI is InChI=1S/C45H75N3S3/c1-4-7-10-12-14-16-18-20-22-24-35-50-37-41-26-30-43(31-27-41)47-39-46(34-9-6-3)40-48(45(47)49)44-32-28-42(29-33-44)38-51-36-25-23-21-19-17-15-13-11-8-5-2/h26-33H,4-25,34-40H2,1-3H3. The first-order valence-electron chi connectivity index (χ1n) is 21.3. The lowest BCUT2D eigenvalue weighted by Crippen LogP contribution is -2.58. The third-order valence-corrected chi connectivity index (χ3v) is 13.0. The number of thiocarbonyl (C=S) groups is 1. The topological polar surface area (TPSA) is 9.72 Å². The minimum atomic E-state index is 0.857. The van der Waals surface area contributed by atoms with Gasteiger partial charge in [0, 0.05) is 29.4 Å². The highest BCUT2D eigenvalue weighted by Gasteiger charge is 2.29. The molecule has 1 aliphatic heterocycles. The number of anilines is 2. The van der Waals surface area contributed by atoms with E-state index in [4.69, 9.17) is 12.2 Å². The quantitative estimate of drug-likeness (QED) is 0.0556. The highest BCUT2D eigenvalue weighted by atomic mass is 32.2. The van der Waals surface area contributed by atoms with Crippen LogP contribution in [0.4, 0.5) is 11.4 Å². The molecule has 0 amide bonds. The highest BCUT2D eigenvalue weighted by molar-refractivity contribution is 7.98. The second-order valence-electron chi connectivity index (χ2n) is 15.0. The van der Waals surface area contributed by atoms with Crippen molar-refractivity contribution in [1.82, 2.24) is 4.90 Å². The van der Waals surface area contributed by atoms with E-state index in [-0.39, 0.29) is 0 Å². The fourth-order valence-corrected chi connectivity index (χ4v) is 9.21. The molecule has 6 heteroatoms. The van der Waals surface area contributed by atoms with Crippen molar-refractivity contribution in [3.05, 3.63) is 59.7 Å². The Balaban J connectivity index is 1.39. The minimum absolute atomic E-state index is 0.857. The molecule has 1 fully saturated rings. The van der Waals surface area contributed by atoms with Gasteiger partial charge in [0.2, 0.25) is 0 Å².